The van der Waals surface area contributed by atoms with E-state index in [0.29, 0.717) is 0 Å². The number of nitrogens with zero attached hydrogens (tertiary/aromatic N) is 1. The van der Waals surface area contributed by atoms with E-state index in [1.54, 1.807) is 0 Å². The Balaban J connectivity index is 0.000000344. The van der Waals surface area contributed by atoms with Crippen LogP contribution in [0.4, 0.5) is 0 Å². The van der Waals surface area contributed by atoms with Gasteiger partial charge in [0.2, 0.25) is 0 Å². The first kappa shape index (κ1) is 17.3. The molecule has 0 radical (unpaired) electrons. The molecule has 0 aliphatic carbocycles. The molecular formula is C13H18CoNO4+. The van der Waals surface area contributed by atoms with Crippen molar-refractivity contribution in [3.63, 3.8) is 0 Å². The maximum absolute atomic E-state index is 9.88. The number of pyridine rings is 1. The van der Waals surface area contributed by atoms with Gasteiger partial charge in [-0.3, -0.25) is 0 Å². The summed E-state index contributed by atoms with van der Waals surface area (Å²) in [6, 6.07) is 6.17. The van der Waals surface area contributed by atoms with Crippen molar-refractivity contribution in [2.24, 2.45) is 0 Å². The van der Waals surface area contributed by atoms with Gasteiger partial charge in [-0.05, 0) is 0 Å². The third-order valence-electron chi connectivity index (χ3n) is 2.09. The van der Waals surface area contributed by atoms with Crippen molar-refractivity contribution in [2.45, 2.75) is 26.3 Å². The fourth-order valence-corrected chi connectivity index (χ4v) is 1.38. The molecule has 0 saturated carbocycles. The molecule has 1 aromatic heterocycles. The number of hydrogen-bond donors (Lipinski definition) is 0. The van der Waals surface area contributed by atoms with E-state index >= 15 is 0 Å². The fourth-order valence-electron chi connectivity index (χ4n) is 1.04. The van der Waals surface area contributed by atoms with Gasteiger partial charge < -0.3 is 0 Å². The van der Waals surface area contributed by atoms with Crippen LogP contribution in [0.25, 0.3) is 0 Å². The molecule has 1 rings (SSSR count). The average molecular weight is 311 g/mol. The van der Waals surface area contributed by atoms with Gasteiger partial charge in [-0.25, -0.2) is 4.57 Å². The van der Waals surface area contributed by atoms with Gasteiger partial charge >= 0.3 is 52.7 Å². The molecule has 0 N–H and O–H groups in total. The third-order valence-corrected chi connectivity index (χ3v) is 3.79. The van der Waals surface area contributed by atoms with E-state index in [4.69, 9.17) is 0 Å². The third kappa shape index (κ3) is 6.73. The van der Waals surface area contributed by atoms with Crippen LogP contribution in [0.15, 0.2) is 30.6 Å². The van der Waals surface area contributed by atoms with Gasteiger partial charge in [0.1, 0.15) is 6.54 Å². The van der Waals surface area contributed by atoms with Gasteiger partial charge in [-0.15, -0.1) is 0 Å². The van der Waals surface area contributed by atoms with Crippen LogP contribution in [0, 0.1) is 0 Å². The molecule has 1 heterocycles. The molecule has 0 saturated heterocycles. The summed E-state index contributed by atoms with van der Waals surface area (Å²) < 4.78 is 2.21. The van der Waals surface area contributed by atoms with Crippen LogP contribution in [0.1, 0.15) is 19.8 Å². The van der Waals surface area contributed by atoms with Gasteiger partial charge in [-0.2, -0.15) is 0 Å². The number of unbranched alkanes of at least 4 members (excludes halogenated alkanes) is 1. The van der Waals surface area contributed by atoms with Crippen molar-refractivity contribution in [3.8, 4) is 0 Å². The molecule has 1 aromatic rings. The zero-order chi connectivity index (χ0) is 14.6. The van der Waals surface area contributed by atoms with E-state index in [2.05, 4.69) is 36.0 Å². The molecule has 0 unspecified atom stereocenters. The number of rotatable bonds is 7. The summed E-state index contributed by atoms with van der Waals surface area (Å²) in [5.74, 6) is 0. The molecule has 107 valence electrons. The normalized spacial score (nSPS) is 10.6. The Morgan fingerprint density at radius 1 is 0.895 bits per heavy atom. The summed E-state index contributed by atoms with van der Waals surface area (Å²) in [7, 11) is 0. The van der Waals surface area contributed by atoms with Crippen LogP contribution in [-0.4, -0.2) is 20.9 Å². The molecule has 0 bridgehead atoms. The monoisotopic (exact) mass is 311 g/mol. The summed E-state index contributed by atoms with van der Waals surface area (Å²) in [6.07, 6.45) is 6.75. The summed E-state index contributed by atoms with van der Waals surface area (Å²) in [6.45, 7) is 3.36. The molecule has 0 aliphatic rings. The molecule has 0 spiro atoms. The van der Waals surface area contributed by atoms with Crippen molar-refractivity contribution < 1.29 is 36.4 Å². The van der Waals surface area contributed by atoms with Gasteiger partial charge in [-0.1, -0.05) is 19.4 Å². The summed E-state index contributed by atoms with van der Waals surface area (Å²) in [4.78, 5) is 39.5. The Morgan fingerprint density at radius 3 is 1.68 bits per heavy atom. The number of hydrogen-bond acceptors (Lipinski definition) is 4. The predicted octanol–water partition coefficient (Wildman–Crippen LogP) is 0.675. The molecule has 0 atom stereocenters. The SMILES string of the molecule is CCCC[n+]1ccccc1.O=[CH][Co]([CH]=O)([CH]=O)[CH]=O. The topological polar surface area (TPSA) is 72.2 Å². The van der Waals surface area contributed by atoms with Crippen LogP contribution in [0.3, 0.4) is 0 Å². The van der Waals surface area contributed by atoms with Gasteiger partial charge in [0, 0.05) is 18.6 Å². The van der Waals surface area contributed by atoms with E-state index in [1.807, 2.05) is 6.07 Å². The number of carbonyl (C=O) groups is 4. The Bertz CT molecular complexity index is 371. The summed E-state index contributed by atoms with van der Waals surface area (Å²) in [5.41, 5.74) is 0. The molecule has 0 fully saturated rings. The van der Waals surface area contributed by atoms with Crippen molar-refractivity contribution >= 4 is 20.9 Å². The zero-order valence-corrected chi connectivity index (χ0v) is 11.8. The first-order valence-corrected chi connectivity index (χ1v) is 7.99. The Kier molecular flexibility index (Phi) is 9.38. The van der Waals surface area contributed by atoms with Crippen LogP contribution < -0.4 is 4.57 Å². The fraction of sp³-hybridized carbons (Fsp3) is 0.308. The number of carbonyl (C=O) groups excluding carboxylic acids is 4. The van der Waals surface area contributed by atoms with E-state index in [9.17, 15) is 19.2 Å². The van der Waals surface area contributed by atoms with Gasteiger partial charge in [0.05, 0.1) is 0 Å². The Morgan fingerprint density at radius 2 is 1.37 bits per heavy atom. The Labute approximate surface area is 114 Å². The van der Waals surface area contributed by atoms with E-state index in [-0.39, 0.29) is 20.9 Å². The second-order valence-corrected chi connectivity index (χ2v) is 6.51. The van der Waals surface area contributed by atoms with Crippen molar-refractivity contribution in [1.29, 1.82) is 0 Å². The minimum absolute atomic E-state index is 0.109. The average Bonchev–Trinajstić information content (AvgIpc) is 2.50. The quantitative estimate of drug-likeness (QED) is 0.548. The predicted molar refractivity (Wildman–Crippen MR) is 68.5 cm³/mol. The van der Waals surface area contributed by atoms with Crippen LogP contribution in [0.2, 0.25) is 0 Å². The second kappa shape index (κ2) is 10.3. The summed E-state index contributed by atoms with van der Waals surface area (Å²) >= 11 is -3.12. The maximum atomic E-state index is 9.88. The molecule has 0 amide bonds. The van der Waals surface area contributed by atoms with E-state index in [0.717, 1.165) is 6.54 Å². The first-order valence-electron chi connectivity index (χ1n) is 5.59. The second-order valence-electron chi connectivity index (χ2n) is 3.45. The van der Waals surface area contributed by atoms with Crippen molar-refractivity contribution in [1.82, 2.24) is 0 Å². The van der Waals surface area contributed by atoms with Gasteiger partial charge in [0.15, 0.2) is 12.4 Å². The number of aryl methyl sites for hydroxylation is 1. The number of aromatic nitrogens is 1. The van der Waals surface area contributed by atoms with E-state index < -0.39 is 12.6 Å². The molecular weight excluding hydrogens is 293 g/mol. The molecule has 6 heteroatoms. The molecule has 19 heavy (non-hydrogen) atoms. The standard InChI is InChI=1S/C9H14N.4CHO.Co/c1-2-3-7-10-8-5-4-6-9-10;4*1-2;/h4-6,8-9H,2-3,7H2,1H3;4*1H;/q+1;;;;;. The minimum atomic E-state index is -3.12. The van der Waals surface area contributed by atoms with Crippen molar-refractivity contribution in [2.75, 3.05) is 0 Å². The zero-order valence-electron chi connectivity index (χ0n) is 10.7. The van der Waals surface area contributed by atoms with Gasteiger partial charge in [0.25, 0.3) is 0 Å². The van der Waals surface area contributed by atoms with Crippen molar-refractivity contribution in [3.05, 3.63) is 30.6 Å². The summed E-state index contributed by atoms with van der Waals surface area (Å²) in [5, 5.41) is 0.438. The Hall–Kier alpha value is -1.66. The molecule has 0 aromatic carbocycles. The van der Waals surface area contributed by atoms with Crippen LogP contribution in [0.5, 0.6) is 0 Å². The van der Waals surface area contributed by atoms with Crippen LogP contribution >= 0.6 is 0 Å². The van der Waals surface area contributed by atoms with E-state index in [1.165, 1.54) is 12.8 Å². The van der Waals surface area contributed by atoms with Crippen LogP contribution in [-0.2, 0) is 38.3 Å². The molecule has 0 aliphatic heterocycles. The molecule has 5 nitrogen and oxygen atoms in total. The first-order chi connectivity index (χ1) is 9.17.